The highest BCUT2D eigenvalue weighted by atomic mass is 16.4. The van der Waals surface area contributed by atoms with Crippen molar-refractivity contribution in [3.63, 3.8) is 0 Å². The summed E-state index contributed by atoms with van der Waals surface area (Å²) in [5.74, 6) is -0.971. The van der Waals surface area contributed by atoms with Gasteiger partial charge < -0.3 is 10.8 Å². The number of carbonyl (C=O) groups is 1. The van der Waals surface area contributed by atoms with Gasteiger partial charge in [-0.3, -0.25) is 4.90 Å². The number of carboxylic acids is 1. The van der Waals surface area contributed by atoms with Crippen LogP contribution in [0.4, 0.5) is 0 Å². The van der Waals surface area contributed by atoms with E-state index < -0.39 is 11.5 Å². The van der Waals surface area contributed by atoms with Gasteiger partial charge in [-0.2, -0.15) is 0 Å². The first-order valence-corrected chi connectivity index (χ1v) is 6.69. The molecule has 1 unspecified atom stereocenters. The van der Waals surface area contributed by atoms with Crippen LogP contribution in [0.5, 0.6) is 0 Å². The van der Waals surface area contributed by atoms with Gasteiger partial charge in [0, 0.05) is 12.1 Å². The van der Waals surface area contributed by atoms with Crippen LogP contribution in [0, 0.1) is 0 Å². The van der Waals surface area contributed by atoms with Crippen LogP contribution < -0.4 is 5.73 Å². The zero-order valence-electron chi connectivity index (χ0n) is 11.6. The lowest BCUT2D eigenvalue weighted by atomic mass is 9.89. The Morgan fingerprint density at radius 2 is 2.05 bits per heavy atom. The van der Waals surface area contributed by atoms with Crippen LogP contribution in [-0.2, 0) is 10.3 Å². The first kappa shape index (κ1) is 14.0. The van der Waals surface area contributed by atoms with E-state index >= 15 is 0 Å². The van der Waals surface area contributed by atoms with E-state index in [-0.39, 0.29) is 5.54 Å². The SMILES string of the molecule is CC1(C)CCCN1CC(N)(C(=O)O)c1ccccc1. The van der Waals surface area contributed by atoms with Gasteiger partial charge in [0.15, 0.2) is 5.54 Å². The fourth-order valence-corrected chi connectivity index (χ4v) is 2.78. The largest absolute Gasteiger partial charge is 0.480 e. The van der Waals surface area contributed by atoms with Crippen LogP contribution in [-0.4, -0.2) is 34.6 Å². The molecule has 1 heterocycles. The van der Waals surface area contributed by atoms with Crippen LogP contribution in [0.25, 0.3) is 0 Å². The number of hydrogen-bond donors (Lipinski definition) is 2. The summed E-state index contributed by atoms with van der Waals surface area (Å²) in [5.41, 5.74) is 5.56. The number of nitrogens with two attached hydrogens (primary N) is 1. The molecule has 0 amide bonds. The molecular weight excluding hydrogens is 240 g/mol. The monoisotopic (exact) mass is 262 g/mol. The Balaban J connectivity index is 2.29. The summed E-state index contributed by atoms with van der Waals surface area (Å²) < 4.78 is 0. The Morgan fingerprint density at radius 3 is 2.53 bits per heavy atom. The van der Waals surface area contributed by atoms with E-state index in [4.69, 9.17) is 5.73 Å². The second-order valence-corrected chi connectivity index (χ2v) is 5.98. The number of nitrogens with zero attached hydrogens (tertiary/aromatic N) is 1. The van der Waals surface area contributed by atoms with Gasteiger partial charge in [-0.1, -0.05) is 30.3 Å². The predicted octanol–water partition coefficient (Wildman–Crippen LogP) is 1.80. The third-order valence-electron chi connectivity index (χ3n) is 4.18. The van der Waals surface area contributed by atoms with Crippen molar-refractivity contribution in [1.29, 1.82) is 0 Å². The van der Waals surface area contributed by atoms with Crippen LogP contribution in [0.2, 0.25) is 0 Å². The maximum atomic E-state index is 11.7. The summed E-state index contributed by atoms with van der Waals surface area (Å²) in [6, 6.07) is 9.10. The molecule has 3 N–H and O–H groups in total. The molecule has 1 aliphatic rings. The number of benzene rings is 1. The second-order valence-electron chi connectivity index (χ2n) is 5.98. The van der Waals surface area contributed by atoms with Gasteiger partial charge in [-0.05, 0) is 38.8 Å². The lowest BCUT2D eigenvalue weighted by molar-refractivity contribution is -0.145. The van der Waals surface area contributed by atoms with Crippen molar-refractivity contribution >= 4 is 5.97 Å². The average Bonchev–Trinajstić information content (AvgIpc) is 2.69. The molecule has 0 bridgehead atoms. The van der Waals surface area contributed by atoms with Crippen molar-refractivity contribution in [2.24, 2.45) is 5.73 Å². The average molecular weight is 262 g/mol. The standard InChI is InChI=1S/C15H22N2O2/c1-14(2)9-6-10-17(14)11-15(16,13(18)19)12-7-4-3-5-8-12/h3-5,7-8H,6,9-11,16H2,1-2H3,(H,18,19). The number of aliphatic carboxylic acids is 1. The minimum absolute atomic E-state index is 0.0227. The van der Waals surface area contributed by atoms with Gasteiger partial charge >= 0.3 is 5.97 Å². The normalized spacial score (nSPS) is 22.1. The van der Waals surface area contributed by atoms with Crippen molar-refractivity contribution in [1.82, 2.24) is 4.90 Å². The minimum Gasteiger partial charge on any atom is -0.480 e. The molecular formula is C15H22N2O2. The van der Waals surface area contributed by atoms with Crippen LogP contribution >= 0.6 is 0 Å². The molecule has 1 aromatic carbocycles. The van der Waals surface area contributed by atoms with Crippen LogP contribution in [0.1, 0.15) is 32.3 Å². The molecule has 1 aromatic rings. The lowest BCUT2D eigenvalue weighted by Gasteiger charge is -2.37. The molecule has 0 aromatic heterocycles. The highest BCUT2D eigenvalue weighted by Gasteiger charge is 2.42. The molecule has 1 saturated heterocycles. The molecule has 1 aliphatic heterocycles. The lowest BCUT2D eigenvalue weighted by Crippen LogP contribution is -2.56. The first-order chi connectivity index (χ1) is 8.86. The quantitative estimate of drug-likeness (QED) is 0.868. The Kier molecular flexibility index (Phi) is 3.65. The molecule has 0 radical (unpaired) electrons. The van der Waals surface area contributed by atoms with Gasteiger partial charge in [0.2, 0.25) is 0 Å². The fraction of sp³-hybridized carbons (Fsp3) is 0.533. The number of hydrogen-bond acceptors (Lipinski definition) is 3. The third kappa shape index (κ3) is 2.65. The molecule has 19 heavy (non-hydrogen) atoms. The summed E-state index contributed by atoms with van der Waals surface area (Å²) in [6.45, 7) is 5.55. The summed E-state index contributed by atoms with van der Waals surface area (Å²) in [6.07, 6.45) is 2.18. The maximum Gasteiger partial charge on any atom is 0.329 e. The zero-order chi connectivity index (χ0) is 14.1. The zero-order valence-corrected chi connectivity index (χ0v) is 11.6. The molecule has 0 aliphatic carbocycles. The van der Waals surface area contributed by atoms with Crippen molar-refractivity contribution in [2.45, 2.75) is 37.8 Å². The van der Waals surface area contributed by atoms with Gasteiger partial charge in [0.25, 0.3) is 0 Å². The molecule has 1 fully saturated rings. The summed E-state index contributed by atoms with van der Waals surface area (Å²) in [4.78, 5) is 13.9. The fourth-order valence-electron chi connectivity index (χ4n) is 2.78. The molecule has 104 valence electrons. The summed E-state index contributed by atoms with van der Waals surface area (Å²) >= 11 is 0. The Bertz CT molecular complexity index is 458. The summed E-state index contributed by atoms with van der Waals surface area (Å²) in [7, 11) is 0. The molecule has 0 spiro atoms. The minimum atomic E-state index is -1.34. The molecule has 0 saturated carbocycles. The van der Waals surface area contributed by atoms with Crippen LogP contribution in [0.15, 0.2) is 30.3 Å². The Morgan fingerprint density at radius 1 is 1.42 bits per heavy atom. The number of likely N-dealkylation sites (tertiary alicyclic amines) is 1. The highest BCUT2D eigenvalue weighted by Crippen LogP contribution is 2.31. The van der Waals surface area contributed by atoms with Crippen molar-refractivity contribution in [3.8, 4) is 0 Å². The van der Waals surface area contributed by atoms with Crippen molar-refractivity contribution in [3.05, 3.63) is 35.9 Å². The second kappa shape index (κ2) is 4.94. The van der Waals surface area contributed by atoms with Gasteiger partial charge in [0.05, 0.1) is 0 Å². The van der Waals surface area contributed by atoms with Gasteiger partial charge in [-0.15, -0.1) is 0 Å². The third-order valence-corrected chi connectivity index (χ3v) is 4.18. The van der Waals surface area contributed by atoms with Gasteiger partial charge in [0.1, 0.15) is 0 Å². The first-order valence-electron chi connectivity index (χ1n) is 6.69. The molecule has 2 rings (SSSR count). The smallest absolute Gasteiger partial charge is 0.329 e. The number of rotatable bonds is 4. The number of carboxylic acid groups (broad SMARTS) is 1. The topological polar surface area (TPSA) is 66.6 Å². The van der Waals surface area contributed by atoms with E-state index in [0.717, 1.165) is 19.4 Å². The van der Waals surface area contributed by atoms with E-state index in [1.807, 2.05) is 18.2 Å². The summed E-state index contributed by atoms with van der Waals surface area (Å²) in [5, 5.41) is 9.56. The van der Waals surface area contributed by atoms with E-state index in [2.05, 4.69) is 18.7 Å². The van der Waals surface area contributed by atoms with Crippen molar-refractivity contribution in [2.75, 3.05) is 13.1 Å². The maximum absolute atomic E-state index is 11.7. The van der Waals surface area contributed by atoms with Crippen LogP contribution in [0.3, 0.4) is 0 Å². The van der Waals surface area contributed by atoms with E-state index in [1.165, 1.54) is 0 Å². The van der Waals surface area contributed by atoms with E-state index in [9.17, 15) is 9.90 Å². The molecule has 4 nitrogen and oxygen atoms in total. The molecule has 1 atom stereocenters. The van der Waals surface area contributed by atoms with Crippen molar-refractivity contribution < 1.29 is 9.90 Å². The predicted molar refractivity (Wildman–Crippen MR) is 74.8 cm³/mol. The van der Waals surface area contributed by atoms with E-state index in [1.54, 1.807) is 12.1 Å². The van der Waals surface area contributed by atoms with Gasteiger partial charge in [-0.25, -0.2) is 4.79 Å². The highest BCUT2D eigenvalue weighted by molar-refractivity contribution is 5.80. The Hall–Kier alpha value is -1.39. The Labute approximate surface area is 114 Å². The molecule has 4 heteroatoms. The van der Waals surface area contributed by atoms with E-state index in [0.29, 0.717) is 12.1 Å².